The lowest BCUT2D eigenvalue weighted by atomic mass is 9.93. The number of likely N-dealkylation sites (tertiary alicyclic amines) is 1. The lowest BCUT2D eigenvalue weighted by molar-refractivity contribution is -0.142. The van der Waals surface area contributed by atoms with Gasteiger partial charge in [-0.1, -0.05) is 17.7 Å². The molecule has 1 aliphatic heterocycles. The maximum Gasteiger partial charge on any atom is 0.309 e. The number of amides is 1. The van der Waals surface area contributed by atoms with Gasteiger partial charge < -0.3 is 14.7 Å². The van der Waals surface area contributed by atoms with Gasteiger partial charge in [-0.25, -0.2) is 0 Å². The molecule has 1 saturated carbocycles. The van der Waals surface area contributed by atoms with Crippen LogP contribution in [0, 0.1) is 5.92 Å². The second kappa shape index (κ2) is 5.22. The Balaban J connectivity index is 2.00. The lowest BCUT2D eigenvalue weighted by Gasteiger charge is -2.27. The number of carbonyl (C=O) groups excluding carboxylic acids is 1. The molecule has 3 rings (SSSR count). The van der Waals surface area contributed by atoms with Crippen molar-refractivity contribution in [1.82, 2.24) is 4.90 Å². The fourth-order valence-electron chi connectivity index (χ4n) is 3.02. The predicted octanol–water partition coefficient (Wildman–Crippen LogP) is 2.49. The maximum atomic E-state index is 12.2. The Kier molecular flexibility index (Phi) is 3.53. The molecule has 1 N–H and O–H groups in total. The van der Waals surface area contributed by atoms with Crippen LogP contribution in [-0.4, -0.2) is 35.0 Å². The highest BCUT2D eigenvalue weighted by Crippen LogP contribution is 2.46. The standard InChI is InChI=1S/C15H16ClNO4/c1-21-12-5-2-8(6-11(12)16)14-10(15(19)20)7-13(18)17(14)9-3-4-9/h2,5-6,9-10,14H,3-4,7H2,1H3,(H,19,20). The van der Waals surface area contributed by atoms with E-state index in [2.05, 4.69) is 0 Å². The number of hydrogen-bond donors (Lipinski definition) is 1. The number of methoxy groups -OCH3 is 1. The predicted molar refractivity (Wildman–Crippen MR) is 76.4 cm³/mol. The zero-order valence-corrected chi connectivity index (χ0v) is 12.3. The third-order valence-electron chi connectivity index (χ3n) is 4.14. The molecule has 0 aromatic heterocycles. The molecule has 1 aromatic carbocycles. The van der Waals surface area contributed by atoms with Gasteiger partial charge in [0.15, 0.2) is 0 Å². The van der Waals surface area contributed by atoms with E-state index >= 15 is 0 Å². The van der Waals surface area contributed by atoms with Gasteiger partial charge in [-0.05, 0) is 30.5 Å². The summed E-state index contributed by atoms with van der Waals surface area (Å²) in [6.07, 6.45) is 1.94. The van der Waals surface area contributed by atoms with Crippen LogP contribution in [0.3, 0.4) is 0 Å². The number of carboxylic acid groups (broad SMARTS) is 1. The van der Waals surface area contributed by atoms with E-state index < -0.39 is 17.9 Å². The molecule has 1 saturated heterocycles. The largest absolute Gasteiger partial charge is 0.495 e. The van der Waals surface area contributed by atoms with Crippen LogP contribution in [0.25, 0.3) is 0 Å². The molecule has 0 bridgehead atoms. The molecule has 1 aliphatic carbocycles. The number of rotatable bonds is 4. The van der Waals surface area contributed by atoms with Crippen LogP contribution in [0.15, 0.2) is 18.2 Å². The third-order valence-corrected chi connectivity index (χ3v) is 4.43. The molecule has 21 heavy (non-hydrogen) atoms. The summed E-state index contributed by atoms with van der Waals surface area (Å²) in [7, 11) is 1.52. The van der Waals surface area contributed by atoms with E-state index in [9.17, 15) is 14.7 Å². The molecule has 2 aliphatic rings. The Hall–Kier alpha value is -1.75. The number of aliphatic carboxylic acids is 1. The van der Waals surface area contributed by atoms with Gasteiger partial charge in [-0.2, -0.15) is 0 Å². The smallest absolute Gasteiger partial charge is 0.309 e. The van der Waals surface area contributed by atoms with Crippen LogP contribution in [0.5, 0.6) is 5.75 Å². The Labute approximate surface area is 127 Å². The quantitative estimate of drug-likeness (QED) is 0.928. The van der Waals surface area contributed by atoms with E-state index in [1.165, 1.54) is 7.11 Å². The number of carbonyl (C=O) groups is 2. The van der Waals surface area contributed by atoms with Gasteiger partial charge in [0.1, 0.15) is 5.75 Å². The summed E-state index contributed by atoms with van der Waals surface area (Å²) in [5.74, 6) is -1.21. The van der Waals surface area contributed by atoms with Crippen LogP contribution >= 0.6 is 11.6 Å². The first-order valence-corrected chi connectivity index (χ1v) is 7.28. The van der Waals surface area contributed by atoms with Crippen molar-refractivity contribution in [1.29, 1.82) is 0 Å². The first-order chi connectivity index (χ1) is 10.0. The van der Waals surface area contributed by atoms with Crippen molar-refractivity contribution in [3.63, 3.8) is 0 Å². The Bertz CT molecular complexity index is 599. The summed E-state index contributed by atoms with van der Waals surface area (Å²) in [6, 6.07) is 4.94. The van der Waals surface area contributed by atoms with Gasteiger partial charge in [0.2, 0.25) is 5.91 Å². The van der Waals surface area contributed by atoms with Crippen LogP contribution in [0.4, 0.5) is 0 Å². The number of hydrogen-bond acceptors (Lipinski definition) is 3. The Morgan fingerprint density at radius 1 is 1.43 bits per heavy atom. The summed E-state index contributed by atoms with van der Waals surface area (Å²) < 4.78 is 5.12. The van der Waals surface area contributed by atoms with Crippen LogP contribution < -0.4 is 4.74 Å². The van der Waals surface area contributed by atoms with Crippen molar-refractivity contribution >= 4 is 23.5 Å². The minimum atomic E-state index is -0.941. The normalized spacial score (nSPS) is 25.2. The van der Waals surface area contributed by atoms with Crippen molar-refractivity contribution in [2.75, 3.05) is 7.11 Å². The summed E-state index contributed by atoms with van der Waals surface area (Å²) in [4.78, 5) is 25.4. The zero-order chi connectivity index (χ0) is 15.1. The summed E-state index contributed by atoms with van der Waals surface area (Å²) in [6.45, 7) is 0. The molecule has 6 heteroatoms. The molecular weight excluding hydrogens is 294 g/mol. The molecule has 112 valence electrons. The fourth-order valence-corrected chi connectivity index (χ4v) is 3.29. The summed E-state index contributed by atoms with van der Waals surface area (Å²) >= 11 is 6.14. The van der Waals surface area contributed by atoms with E-state index in [-0.39, 0.29) is 18.4 Å². The molecule has 5 nitrogen and oxygen atoms in total. The fraction of sp³-hybridized carbons (Fsp3) is 0.467. The molecule has 2 unspecified atom stereocenters. The van der Waals surface area contributed by atoms with Crippen LogP contribution in [0.1, 0.15) is 30.9 Å². The summed E-state index contributed by atoms with van der Waals surface area (Å²) in [5.41, 5.74) is 0.756. The van der Waals surface area contributed by atoms with Crippen molar-refractivity contribution < 1.29 is 19.4 Å². The molecular formula is C15H16ClNO4. The van der Waals surface area contributed by atoms with Gasteiger partial charge in [-0.3, -0.25) is 9.59 Å². The minimum Gasteiger partial charge on any atom is -0.495 e. The molecule has 2 atom stereocenters. The molecule has 0 radical (unpaired) electrons. The van der Waals surface area contributed by atoms with Crippen molar-refractivity contribution in [2.24, 2.45) is 5.92 Å². The first kappa shape index (κ1) is 14.2. The molecule has 2 fully saturated rings. The maximum absolute atomic E-state index is 12.2. The highest BCUT2D eigenvalue weighted by Gasteiger charge is 2.49. The number of ether oxygens (including phenoxy) is 1. The molecule has 0 spiro atoms. The van der Waals surface area contributed by atoms with Gasteiger partial charge >= 0.3 is 5.97 Å². The second-order valence-electron chi connectivity index (χ2n) is 5.52. The number of carboxylic acids is 1. The first-order valence-electron chi connectivity index (χ1n) is 6.90. The second-order valence-corrected chi connectivity index (χ2v) is 5.93. The van der Waals surface area contributed by atoms with E-state index in [4.69, 9.17) is 16.3 Å². The van der Waals surface area contributed by atoms with Gasteiger partial charge in [0, 0.05) is 12.5 Å². The highest BCUT2D eigenvalue weighted by atomic mass is 35.5. The minimum absolute atomic E-state index is 0.0557. The SMILES string of the molecule is COc1ccc(C2C(C(=O)O)CC(=O)N2C2CC2)cc1Cl. The van der Waals surface area contributed by atoms with Crippen molar-refractivity contribution in [3.8, 4) is 5.75 Å². The van der Waals surface area contributed by atoms with Crippen molar-refractivity contribution in [3.05, 3.63) is 28.8 Å². The summed E-state index contributed by atoms with van der Waals surface area (Å²) in [5, 5.41) is 9.84. The Morgan fingerprint density at radius 2 is 2.14 bits per heavy atom. The molecule has 1 heterocycles. The monoisotopic (exact) mass is 309 g/mol. The number of halogens is 1. The van der Waals surface area contributed by atoms with E-state index in [1.54, 1.807) is 23.1 Å². The van der Waals surface area contributed by atoms with Gasteiger partial charge in [0.25, 0.3) is 0 Å². The average molecular weight is 310 g/mol. The van der Waals surface area contributed by atoms with Crippen LogP contribution in [-0.2, 0) is 9.59 Å². The number of nitrogens with zero attached hydrogens (tertiary/aromatic N) is 1. The average Bonchev–Trinajstić information content (AvgIpc) is 3.21. The number of benzene rings is 1. The van der Waals surface area contributed by atoms with Crippen molar-refractivity contribution in [2.45, 2.75) is 31.3 Å². The highest BCUT2D eigenvalue weighted by molar-refractivity contribution is 6.32. The van der Waals surface area contributed by atoms with Crippen LogP contribution in [0.2, 0.25) is 5.02 Å². The van der Waals surface area contributed by atoms with E-state index in [1.807, 2.05) is 0 Å². The van der Waals surface area contributed by atoms with Gasteiger partial charge in [-0.15, -0.1) is 0 Å². The third kappa shape index (κ3) is 2.46. The topological polar surface area (TPSA) is 66.8 Å². The van der Waals surface area contributed by atoms with E-state index in [0.717, 1.165) is 18.4 Å². The molecule has 1 amide bonds. The molecule has 1 aromatic rings. The zero-order valence-electron chi connectivity index (χ0n) is 11.6. The Morgan fingerprint density at radius 3 is 2.67 bits per heavy atom. The van der Waals surface area contributed by atoms with E-state index in [0.29, 0.717) is 10.8 Å². The van der Waals surface area contributed by atoms with Gasteiger partial charge in [0.05, 0.1) is 24.1 Å². The lowest BCUT2D eigenvalue weighted by Crippen LogP contribution is -2.32.